The predicted molar refractivity (Wildman–Crippen MR) is 106 cm³/mol. The summed E-state index contributed by atoms with van der Waals surface area (Å²) in [4.78, 5) is 16.2. The van der Waals surface area contributed by atoms with Crippen molar-refractivity contribution in [1.29, 1.82) is 5.26 Å². The zero-order chi connectivity index (χ0) is 19.6. The van der Waals surface area contributed by atoms with Gasteiger partial charge in [-0.05, 0) is 37.3 Å². The average Bonchev–Trinajstić information content (AvgIpc) is 2.61. The number of benzene rings is 2. The first-order valence-corrected chi connectivity index (χ1v) is 9.11. The largest absolute Gasteiger partial charge is 0.507 e. The number of ether oxygens (including phenoxy) is 1. The maximum Gasteiger partial charge on any atom is 0.266 e. The summed E-state index contributed by atoms with van der Waals surface area (Å²) in [6.07, 6.45) is 0. The Morgan fingerprint density at radius 3 is 2.67 bits per heavy atom. The number of aromatic amines is 1. The van der Waals surface area contributed by atoms with E-state index in [9.17, 15) is 15.2 Å². The van der Waals surface area contributed by atoms with Gasteiger partial charge in [-0.15, -0.1) is 0 Å². The molecule has 5 nitrogen and oxygen atoms in total. The van der Waals surface area contributed by atoms with Crippen molar-refractivity contribution in [1.82, 2.24) is 4.98 Å². The molecule has 136 valence electrons. The molecule has 2 N–H and O–H groups in total. The van der Waals surface area contributed by atoms with Crippen molar-refractivity contribution in [3.63, 3.8) is 0 Å². The third kappa shape index (κ3) is 3.80. The normalized spacial score (nSPS) is 10.4. The van der Waals surface area contributed by atoms with Crippen molar-refractivity contribution in [2.75, 3.05) is 7.11 Å². The second-order valence-electron chi connectivity index (χ2n) is 5.73. The lowest BCUT2D eigenvalue weighted by atomic mass is 10.00. The number of methoxy groups -OCH3 is 1. The molecule has 0 aliphatic heterocycles. The van der Waals surface area contributed by atoms with E-state index < -0.39 is 5.56 Å². The molecule has 1 aromatic heterocycles. The fourth-order valence-corrected chi connectivity index (χ4v) is 4.10. The standard InChI is InChI=1S/C20H15ClN2O3S/c1-11-7-13(14(10-22)20(25)23-11)19-15(21)8-12(9-16(19)24)27-18-6-4-3-5-17(18)26-2/h3-9,24H,1-2H3,(H,23,25). The molecule has 0 fully saturated rings. The van der Waals surface area contributed by atoms with Crippen LogP contribution in [-0.4, -0.2) is 17.2 Å². The number of hydrogen-bond donors (Lipinski definition) is 2. The van der Waals surface area contributed by atoms with Crippen LogP contribution >= 0.6 is 23.4 Å². The van der Waals surface area contributed by atoms with E-state index in [1.165, 1.54) is 11.8 Å². The number of halogens is 1. The number of rotatable bonds is 4. The summed E-state index contributed by atoms with van der Waals surface area (Å²) in [5.41, 5.74) is 0.511. The van der Waals surface area contributed by atoms with Crippen molar-refractivity contribution >= 4 is 23.4 Å². The van der Waals surface area contributed by atoms with E-state index in [-0.39, 0.29) is 21.9 Å². The zero-order valence-electron chi connectivity index (χ0n) is 14.5. The van der Waals surface area contributed by atoms with Crippen LogP contribution in [0.1, 0.15) is 11.3 Å². The van der Waals surface area contributed by atoms with Crippen LogP contribution in [-0.2, 0) is 0 Å². The number of phenols is 1. The van der Waals surface area contributed by atoms with Crippen LogP contribution in [0.3, 0.4) is 0 Å². The number of aromatic hydroxyl groups is 1. The van der Waals surface area contributed by atoms with Gasteiger partial charge in [0, 0.05) is 21.7 Å². The number of nitrogens with zero attached hydrogens (tertiary/aromatic N) is 1. The van der Waals surface area contributed by atoms with Crippen molar-refractivity contribution in [3.05, 3.63) is 69.1 Å². The van der Waals surface area contributed by atoms with Gasteiger partial charge in [-0.1, -0.05) is 35.5 Å². The second-order valence-corrected chi connectivity index (χ2v) is 7.26. The fraction of sp³-hybridized carbons (Fsp3) is 0.100. The number of para-hydroxylation sites is 1. The number of nitriles is 1. The average molecular weight is 399 g/mol. The van der Waals surface area contributed by atoms with E-state index in [4.69, 9.17) is 16.3 Å². The first-order valence-electron chi connectivity index (χ1n) is 7.92. The Morgan fingerprint density at radius 2 is 2.00 bits per heavy atom. The van der Waals surface area contributed by atoms with E-state index in [1.807, 2.05) is 30.3 Å². The monoisotopic (exact) mass is 398 g/mol. The highest BCUT2D eigenvalue weighted by Gasteiger charge is 2.18. The summed E-state index contributed by atoms with van der Waals surface area (Å²) in [6.45, 7) is 1.70. The highest BCUT2D eigenvalue weighted by atomic mass is 35.5. The molecule has 2 aromatic carbocycles. The molecule has 0 saturated heterocycles. The van der Waals surface area contributed by atoms with Gasteiger partial charge in [0.05, 0.1) is 17.0 Å². The smallest absolute Gasteiger partial charge is 0.266 e. The van der Waals surface area contributed by atoms with Crippen LogP contribution in [0.2, 0.25) is 5.02 Å². The molecular weight excluding hydrogens is 384 g/mol. The molecule has 3 rings (SSSR count). The van der Waals surface area contributed by atoms with Gasteiger partial charge in [0.2, 0.25) is 0 Å². The predicted octanol–water partition coefficient (Wildman–Crippen LogP) is 4.74. The molecule has 0 radical (unpaired) electrons. The van der Waals surface area contributed by atoms with Gasteiger partial charge >= 0.3 is 0 Å². The number of hydrogen-bond acceptors (Lipinski definition) is 5. The van der Waals surface area contributed by atoms with Gasteiger partial charge in [0.15, 0.2) is 0 Å². The van der Waals surface area contributed by atoms with Crippen LogP contribution in [0.15, 0.2) is 57.1 Å². The Morgan fingerprint density at radius 1 is 1.26 bits per heavy atom. The molecule has 0 aliphatic rings. The Bertz CT molecular complexity index is 1100. The summed E-state index contributed by atoms with van der Waals surface area (Å²) in [6, 6.07) is 14.2. The van der Waals surface area contributed by atoms with E-state index in [1.54, 1.807) is 32.2 Å². The Labute approximate surface area is 165 Å². The van der Waals surface area contributed by atoms with Gasteiger partial charge < -0.3 is 14.8 Å². The molecule has 27 heavy (non-hydrogen) atoms. The van der Waals surface area contributed by atoms with Crippen molar-refractivity contribution in [2.24, 2.45) is 0 Å². The molecule has 7 heteroatoms. The highest BCUT2D eigenvalue weighted by molar-refractivity contribution is 7.99. The van der Waals surface area contributed by atoms with Crippen molar-refractivity contribution in [3.8, 4) is 28.7 Å². The summed E-state index contributed by atoms with van der Waals surface area (Å²) in [5, 5.41) is 20.2. The molecule has 0 unspecified atom stereocenters. The summed E-state index contributed by atoms with van der Waals surface area (Å²) >= 11 is 7.80. The number of nitrogens with one attached hydrogen (secondary N) is 1. The third-order valence-corrected chi connectivity index (χ3v) is 5.22. The minimum absolute atomic E-state index is 0.0945. The molecule has 0 saturated carbocycles. The maximum atomic E-state index is 12.0. The van der Waals surface area contributed by atoms with Gasteiger partial charge in [-0.25, -0.2) is 0 Å². The molecular formula is C20H15ClN2O3S. The Kier molecular flexibility index (Phi) is 5.45. The topological polar surface area (TPSA) is 86.1 Å². The lowest BCUT2D eigenvalue weighted by Crippen LogP contribution is -2.12. The molecule has 0 aliphatic carbocycles. The molecule has 3 aromatic rings. The number of aryl methyl sites for hydroxylation is 1. The Balaban J connectivity index is 2.10. The van der Waals surface area contributed by atoms with Gasteiger partial charge in [-0.3, -0.25) is 4.79 Å². The summed E-state index contributed by atoms with van der Waals surface area (Å²) in [7, 11) is 1.59. The number of phenolic OH excluding ortho intramolecular Hbond substituents is 1. The number of H-pyrrole nitrogens is 1. The van der Waals surface area contributed by atoms with E-state index in [0.29, 0.717) is 21.9 Å². The van der Waals surface area contributed by atoms with Crippen LogP contribution < -0.4 is 10.3 Å². The SMILES string of the molecule is COc1ccccc1Sc1cc(O)c(-c2cc(C)[nH]c(=O)c2C#N)c(Cl)c1. The Hall–Kier alpha value is -2.88. The van der Waals surface area contributed by atoms with Gasteiger partial charge in [0.25, 0.3) is 5.56 Å². The highest BCUT2D eigenvalue weighted by Crippen LogP contribution is 2.43. The van der Waals surface area contributed by atoms with Gasteiger partial charge in [-0.2, -0.15) is 5.26 Å². The van der Waals surface area contributed by atoms with E-state index in [2.05, 4.69) is 4.98 Å². The van der Waals surface area contributed by atoms with Crippen molar-refractivity contribution < 1.29 is 9.84 Å². The van der Waals surface area contributed by atoms with E-state index in [0.717, 1.165) is 4.90 Å². The third-order valence-electron chi connectivity index (χ3n) is 3.89. The summed E-state index contributed by atoms with van der Waals surface area (Å²) in [5.74, 6) is 0.598. The van der Waals surface area contributed by atoms with Crippen LogP contribution in [0, 0.1) is 18.3 Å². The second kappa shape index (κ2) is 7.78. The van der Waals surface area contributed by atoms with Crippen LogP contribution in [0.4, 0.5) is 0 Å². The maximum absolute atomic E-state index is 12.0. The molecule has 0 atom stereocenters. The lowest BCUT2D eigenvalue weighted by Gasteiger charge is -2.13. The fourth-order valence-electron chi connectivity index (χ4n) is 2.72. The zero-order valence-corrected chi connectivity index (χ0v) is 16.1. The lowest BCUT2D eigenvalue weighted by molar-refractivity contribution is 0.405. The minimum Gasteiger partial charge on any atom is -0.507 e. The first kappa shape index (κ1) is 18.9. The van der Waals surface area contributed by atoms with Crippen LogP contribution in [0.25, 0.3) is 11.1 Å². The molecule has 1 heterocycles. The number of pyridine rings is 1. The van der Waals surface area contributed by atoms with Gasteiger partial charge in [0.1, 0.15) is 23.1 Å². The minimum atomic E-state index is -0.518. The molecule has 0 bridgehead atoms. The number of aromatic nitrogens is 1. The summed E-state index contributed by atoms with van der Waals surface area (Å²) < 4.78 is 5.34. The first-order chi connectivity index (χ1) is 12.9. The molecule has 0 spiro atoms. The quantitative estimate of drug-likeness (QED) is 0.662. The molecule has 0 amide bonds. The van der Waals surface area contributed by atoms with E-state index >= 15 is 0 Å². The van der Waals surface area contributed by atoms with Crippen LogP contribution in [0.5, 0.6) is 11.5 Å². The van der Waals surface area contributed by atoms with Crippen molar-refractivity contribution in [2.45, 2.75) is 16.7 Å².